The van der Waals surface area contributed by atoms with Crippen LogP contribution in [0.1, 0.15) is 15.9 Å². The summed E-state index contributed by atoms with van der Waals surface area (Å²) in [6.07, 6.45) is -1.31. The van der Waals surface area contributed by atoms with Gasteiger partial charge in [0.1, 0.15) is 18.2 Å². The van der Waals surface area contributed by atoms with Crippen molar-refractivity contribution in [3.63, 3.8) is 0 Å². The fourth-order valence-corrected chi connectivity index (χ4v) is 5.34. The number of ketones is 1. The van der Waals surface area contributed by atoms with E-state index in [1.54, 1.807) is 50.7 Å². The van der Waals surface area contributed by atoms with Crippen molar-refractivity contribution in [2.45, 2.75) is 19.1 Å². The number of methoxy groups -OCH3 is 2. The van der Waals surface area contributed by atoms with E-state index in [0.29, 0.717) is 28.2 Å². The Morgan fingerprint density at radius 2 is 1.54 bits per heavy atom. The molecule has 0 bridgehead atoms. The molecule has 0 aliphatic carbocycles. The molecule has 0 aliphatic rings. The lowest BCUT2D eigenvalue weighted by molar-refractivity contribution is -0.140. The number of alkyl halides is 3. The Bertz CT molecular complexity index is 1990. The highest BCUT2D eigenvalue weighted by atomic mass is 79.9. The summed E-state index contributed by atoms with van der Waals surface area (Å²) < 4.78 is 65.2. The van der Waals surface area contributed by atoms with Crippen molar-refractivity contribution in [3.05, 3.63) is 117 Å². The first-order valence-corrected chi connectivity index (χ1v) is 14.5. The number of nitrogens with two attached hydrogens (primary N) is 1. The number of aromatic nitrogens is 2. The zero-order chi connectivity index (χ0) is 33.2. The molecular weight excluding hydrogens is 670 g/mol. The first-order chi connectivity index (χ1) is 21.9. The van der Waals surface area contributed by atoms with E-state index in [1.807, 2.05) is 18.2 Å². The standard InChI is InChI=1S/C34H26BrF4N3O4/c1-45-30-10-8-21(14-31(30)46-2)23-12-24(33(40)41-15-23)20-5-3-19(4-6-20)11-29(43)26-17-42(18-34(37,38)39)16-25(32(26)44)22-7-9-28(36)27(35)13-22/h3-10,12-17H,11,18H2,1-2H3,(H2,40,41). The maximum atomic E-state index is 13.8. The van der Waals surface area contributed by atoms with E-state index in [-0.39, 0.29) is 27.8 Å². The van der Waals surface area contributed by atoms with Gasteiger partial charge < -0.3 is 19.8 Å². The van der Waals surface area contributed by atoms with Gasteiger partial charge in [-0.15, -0.1) is 0 Å². The molecule has 3 aromatic carbocycles. The topological polar surface area (TPSA) is 96.4 Å². The number of Topliss-reactive ketones (excluding diaryl/α,β-unsaturated/α-hetero) is 1. The number of nitrogens with zero attached hydrogens (tertiary/aromatic N) is 2. The minimum absolute atomic E-state index is 0.0219. The highest BCUT2D eigenvalue weighted by Crippen LogP contribution is 2.35. The van der Waals surface area contributed by atoms with Gasteiger partial charge in [0.05, 0.1) is 24.3 Å². The van der Waals surface area contributed by atoms with Crippen LogP contribution in [-0.4, -0.2) is 35.7 Å². The van der Waals surface area contributed by atoms with Gasteiger partial charge in [0.25, 0.3) is 0 Å². The largest absolute Gasteiger partial charge is 0.493 e. The van der Waals surface area contributed by atoms with Gasteiger partial charge in [0, 0.05) is 41.7 Å². The molecule has 2 heterocycles. The van der Waals surface area contributed by atoms with Gasteiger partial charge in [-0.05, 0) is 68.5 Å². The number of hydrogen-bond acceptors (Lipinski definition) is 6. The van der Waals surface area contributed by atoms with Crippen LogP contribution in [0.2, 0.25) is 0 Å². The van der Waals surface area contributed by atoms with Crippen LogP contribution in [0.5, 0.6) is 11.5 Å². The van der Waals surface area contributed by atoms with Crippen molar-refractivity contribution in [2.24, 2.45) is 0 Å². The van der Waals surface area contributed by atoms with Crippen molar-refractivity contribution in [2.75, 3.05) is 20.0 Å². The molecular formula is C34H26BrF4N3O4. The number of carbonyl (C=O) groups is 1. The van der Waals surface area contributed by atoms with Crippen molar-refractivity contribution in [1.82, 2.24) is 9.55 Å². The van der Waals surface area contributed by atoms with Crippen LogP contribution in [-0.2, 0) is 13.0 Å². The summed E-state index contributed by atoms with van der Waals surface area (Å²) in [6, 6.07) is 17.8. The summed E-state index contributed by atoms with van der Waals surface area (Å²) in [5.41, 5.74) is 8.48. The molecule has 0 atom stereocenters. The molecule has 0 radical (unpaired) electrons. The molecule has 2 aromatic heterocycles. The molecule has 46 heavy (non-hydrogen) atoms. The number of pyridine rings is 2. The van der Waals surface area contributed by atoms with Gasteiger partial charge in [-0.1, -0.05) is 36.4 Å². The quantitative estimate of drug-likeness (QED) is 0.125. The van der Waals surface area contributed by atoms with Gasteiger partial charge in [-0.25, -0.2) is 9.37 Å². The number of ether oxygens (including phenoxy) is 2. The van der Waals surface area contributed by atoms with Crippen LogP contribution in [0.3, 0.4) is 0 Å². The Balaban J connectivity index is 1.44. The number of nitrogen functional groups attached to an aromatic ring is 1. The lowest BCUT2D eigenvalue weighted by Gasteiger charge is -2.14. The highest BCUT2D eigenvalue weighted by Gasteiger charge is 2.29. The van der Waals surface area contributed by atoms with E-state index < -0.39 is 35.3 Å². The first kappa shape index (κ1) is 32.4. The molecule has 0 saturated carbocycles. The predicted molar refractivity (Wildman–Crippen MR) is 171 cm³/mol. The van der Waals surface area contributed by atoms with Crippen LogP contribution in [0.15, 0.2) is 94.6 Å². The summed E-state index contributed by atoms with van der Waals surface area (Å²) >= 11 is 3.03. The van der Waals surface area contributed by atoms with Crippen molar-refractivity contribution in [3.8, 4) is 44.9 Å². The van der Waals surface area contributed by atoms with E-state index in [0.717, 1.165) is 34.2 Å². The Morgan fingerprint density at radius 1 is 0.870 bits per heavy atom. The molecule has 5 aromatic rings. The van der Waals surface area contributed by atoms with Crippen LogP contribution in [0.4, 0.5) is 23.4 Å². The third-order valence-electron chi connectivity index (χ3n) is 7.24. The predicted octanol–water partition coefficient (Wildman–Crippen LogP) is 7.73. The normalized spacial score (nSPS) is 11.4. The average Bonchev–Trinajstić information content (AvgIpc) is 3.02. The van der Waals surface area contributed by atoms with E-state index in [2.05, 4.69) is 20.9 Å². The minimum Gasteiger partial charge on any atom is -0.493 e. The lowest BCUT2D eigenvalue weighted by atomic mass is 9.97. The van der Waals surface area contributed by atoms with E-state index in [9.17, 15) is 27.2 Å². The number of rotatable bonds is 9. The van der Waals surface area contributed by atoms with Crippen molar-refractivity contribution in [1.29, 1.82) is 0 Å². The van der Waals surface area contributed by atoms with Crippen LogP contribution >= 0.6 is 15.9 Å². The van der Waals surface area contributed by atoms with Gasteiger partial charge in [0.15, 0.2) is 22.7 Å². The summed E-state index contributed by atoms with van der Waals surface area (Å²) in [6.45, 7) is -1.42. The zero-order valence-electron chi connectivity index (χ0n) is 24.5. The van der Waals surface area contributed by atoms with Crippen LogP contribution in [0.25, 0.3) is 33.4 Å². The second-order valence-corrected chi connectivity index (χ2v) is 11.2. The highest BCUT2D eigenvalue weighted by molar-refractivity contribution is 9.10. The minimum atomic E-state index is -4.61. The number of benzene rings is 3. The first-order valence-electron chi connectivity index (χ1n) is 13.7. The Kier molecular flexibility index (Phi) is 9.29. The summed E-state index contributed by atoms with van der Waals surface area (Å²) in [7, 11) is 3.09. The van der Waals surface area contributed by atoms with Crippen molar-refractivity contribution >= 4 is 27.5 Å². The number of carbonyl (C=O) groups excluding carboxylic acids is 1. The number of hydrogen-bond donors (Lipinski definition) is 1. The van der Waals surface area contributed by atoms with Gasteiger partial charge in [-0.2, -0.15) is 13.2 Å². The summed E-state index contributed by atoms with van der Waals surface area (Å²) in [5.74, 6) is 0.124. The number of anilines is 1. The molecule has 0 fully saturated rings. The summed E-state index contributed by atoms with van der Waals surface area (Å²) in [5, 5.41) is 0. The monoisotopic (exact) mass is 695 g/mol. The lowest BCUT2D eigenvalue weighted by Crippen LogP contribution is -2.25. The maximum Gasteiger partial charge on any atom is 0.406 e. The molecule has 0 amide bonds. The van der Waals surface area contributed by atoms with Gasteiger partial charge >= 0.3 is 6.18 Å². The Labute approximate surface area is 269 Å². The Hall–Kier alpha value is -4.97. The molecule has 0 unspecified atom stereocenters. The third-order valence-corrected chi connectivity index (χ3v) is 7.84. The second kappa shape index (κ2) is 13.2. The molecule has 0 aliphatic heterocycles. The molecule has 236 valence electrons. The van der Waals surface area contributed by atoms with E-state index >= 15 is 0 Å². The smallest absolute Gasteiger partial charge is 0.406 e. The number of halogens is 5. The summed E-state index contributed by atoms with van der Waals surface area (Å²) in [4.78, 5) is 31.0. The fraction of sp³-hybridized carbons (Fsp3) is 0.147. The second-order valence-electron chi connectivity index (χ2n) is 10.4. The molecule has 12 heteroatoms. The van der Waals surface area contributed by atoms with Gasteiger partial charge in [-0.3, -0.25) is 9.59 Å². The molecule has 2 N–H and O–H groups in total. The molecule has 5 rings (SSSR count). The van der Waals surface area contributed by atoms with Crippen LogP contribution in [0, 0.1) is 5.82 Å². The van der Waals surface area contributed by atoms with Crippen LogP contribution < -0.4 is 20.6 Å². The van der Waals surface area contributed by atoms with Crippen molar-refractivity contribution < 1.29 is 31.8 Å². The van der Waals surface area contributed by atoms with E-state index in [1.165, 1.54) is 12.1 Å². The molecule has 0 saturated heterocycles. The van der Waals surface area contributed by atoms with E-state index in [4.69, 9.17) is 15.2 Å². The average molecular weight is 696 g/mol. The van der Waals surface area contributed by atoms with Gasteiger partial charge in [0.2, 0.25) is 0 Å². The molecule has 7 nitrogen and oxygen atoms in total. The zero-order valence-corrected chi connectivity index (χ0v) is 26.1. The Morgan fingerprint density at radius 3 is 2.20 bits per heavy atom. The fourth-order valence-electron chi connectivity index (χ4n) is 4.96. The third kappa shape index (κ3) is 7.12. The molecule has 0 spiro atoms. The SMILES string of the molecule is COc1ccc(-c2cnc(N)c(-c3ccc(CC(=O)c4cn(CC(F)(F)F)cc(-c5ccc(F)c(Br)c5)c4=O)cc3)c2)cc1OC. The maximum absolute atomic E-state index is 13.8.